The topological polar surface area (TPSA) is 212 Å². The molecule has 2 saturated carbocycles. The number of phenolic OH excluding ortho intramolecular Hbond substituents is 1. The lowest BCUT2D eigenvalue weighted by atomic mass is 9.52. The van der Waals surface area contributed by atoms with E-state index < -0.39 is 88.6 Å². The molecule has 2 aromatic rings. The van der Waals surface area contributed by atoms with Crippen LogP contribution in [0.15, 0.2) is 30.3 Å². The van der Waals surface area contributed by atoms with Crippen molar-refractivity contribution < 1.29 is 57.2 Å². The molecule has 5 rings (SSSR count). The summed E-state index contributed by atoms with van der Waals surface area (Å²) in [4.78, 5) is 69.9. The molecule has 0 heterocycles. The number of nitrogens with one attached hydrogen (secondary N) is 2. The third kappa shape index (κ3) is 6.17. The number of anilines is 2. The third-order valence-electron chi connectivity index (χ3n) is 9.61. The quantitative estimate of drug-likeness (QED) is 0.225. The Bertz CT molecular complexity index is 1720. The van der Waals surface area contributed by atoms with E-state index >= 15 is 0 Å². The molecule has 0 aliphatic heterocycles. The number of halogens is 3. The van der Waals surface area contributed by atoms with Crippen LogP contribution in [0.5, 0.6) is 11.5 Å². The number of carbonyl (C=O) groups is 5. The first-order valence-electron chi connectivity index (χ1n) is 15.2. The maximum atomic E-state index is 14.2. The van der Waals surface area contributed by atoms with E-state index in [0.717, 1.165) is 12.1 Å². The van der Waals surface area contributed by atoms with E-state index in [9.17, 15) is 52.5 Å². The van der Waals surface area contributed by atoms with Gasteiger partial charge in [0.1, 0.15) is 17.4 Å². The number of aliphatic hydroxyl groups excluding tert-OH is 1. The minimum Gasteiger partial charge on any atom is -0.507 e. The van der Waals surface area contributed by atoms with Crippen LogP contribution in [0.2, 0.25) is 0 Å². The number of aromatic hydroxyl groups is 1. The lowest BCUT2D eigenvalue weighted by molar-refractivity contribution is -0.274. The van der Waals surface area contributed by atoms with Gasteiger partial charge in [0.15, 0.2) is 23.0 Å². The van der Waals surface area contributed by atoms with Crippen molar-refractivity contribution in [3.05, 3.63) is 47.0 Å². The van der Waals surface area contributed by atoms with Gasteiger partial charge in [-0.2, -0.15) is 0 Å². The molecular formula is C32H36F3N5O9. The normalized spacial score (nSPS) is 27.9. The molecule has 0 spiro atoms. The van der Waals surface area contributed by atoms with Gasteiger partial charge in [-0.15, -0.1) is 13.2 Å². The monoisotopic (exact) mass is 691 g/mol. The number of aliphatic hydroxyl groups is 2. The summed E-state index contributed by atoms with van der Waals surface area (Å²) in [5.74, 6) is -10.9. The van der Waals surface area contributed by atoms with Crippen LogP contribution in [-0.2, 0) is 27.3 Å². The lowest BCUT2D eigenvalue weighted by Gasteiger charge is -2.55. The van der Waals surface area contributed by atoms with Crippen LogP contribution in [0, 0.1) is 23.7 Å². The predicted molar refractivity (Wildman–Crippen MR) is 166 cm³/mol. The van der Waals surface area contributed by atoms with Gasteiger partial charge >= 0.3 is 12.4 Å². The Balaban J connectivity index is 1.44. The van der Waals surface area contributed by atoms with Crippen molar-refractivity contribution in [3.63, 3.8) is 0 Å². The summed E-state index contributed by atoms with van der Waals surface area (Å²) in [5.41, 5.74) is 3.49. The van der Waals surface area contributed by atoms with Gasteiger partial charge in [-0.1, -0.05) is 0 Å². The van der Waals surface area contributed by atoms with E-state index in [1.165, 1.54) is 17.0 Å². The molecule has 264 valence electrons. The minimum atomic E-state index is -4.89. The Morgan fingerprint density at radius 1 is 1.08 bits per heavy atom. The first-order valence-corrected chi connectivity index (χ1v) is 15.2. The number of ether oxygens (including phenoxy) is 1. The SMILES string of the molecule is CN(C)c1cc(CNC(=O)Nc2ccc(OC(F)(F)F)cc2)c(O)c2c1C[C@@H]1C[C@@H]3[C@@H](N(C)C)C(O)C(C(N)=O)C(=O)[C@]3(O)C(=O)C1C2=O. The highest BCUT2D eigenvalue weighted by Crippen LogP contribution is 2.52. The molecule has 0 radical (unpaired) electrons. The molecule has 3 unspecified atom stereocenters. The van der Waals surface area contributed by atoms with Crippen molar-refractivity contribution in [3.8, 4) is 11.5 Å². The fourth-order valence-corrected chi connectivity index (χ4v) is 7.55. The van der Waals surface area contributed by atoms with Gasteiger partial charge in [-0.05, 0) is 68.8 Å². The first kappa shape index (κ1) is 35.6. The van der Waals surface area contributed by atoms with Crippen molar-refractivity contribution in [2.45, 2.75) is 43.5 Å². The van der Waals surface area contributed by atoms with Gasteiger partial charge in [-0.25, -0.2) is 4.79 Å². The number of urea groups is 1. The largest absolute Gasteiger partial charge is 0.573 e. The number of fused-ring (bicyclic) bond motifs is 3. The number of benzene rings is 2. The summed E-state index contributed by atoms with van der Waals surface area (Å²) in [5, 5.41) is 39.1. The molecule has 0 saturated heterocycles. The van der Waals surface area contributed by atoms with Crippen LogP contribution in [-0.4, -0.2) is 102 Å². The highest BCUT2D eigenvalue weighted by molar-refractivity contribution is 6.25. The molecule has 17 heteroatoms. The number of hydrogen-bond acceptors (Lipinski definition) is 11. The number of amides is 3. The molecule has 14 nitrogen and oxygen atoms in total. The van der Waals surface area contributed by atoms with Crippen molar-refractivity contribution in [2.24, 2.45) is 29.4 Å². The second kappa shape index (κ2) is 12.6. The number of carbonyl (C=O) groups excluding carboxylic acids is 5. The summed E-state index contributed by atoms with van der Waals surface area (Å²) < 4.78 is 41.1. The van der Waals surface area contributed by atoms with Gasteiger partial charge in [0, 0.05) is 49.5 Å². The second-order valence-electron chi connectivity index (χ2n) is 13.0. The standard InChI is InChI=1S/C32H36F3N5O9/c1-39(2)19-11-14(12-37-30(47)38-15-5-7-16(8-6-15)49-32(33,34)35)24(41)21-17(19)9-13-10-18-23(40(3)4)26(43)22(29(36)46)28(45)31(18,48)27(44)20(13)25(21)42/h5-8,11,13,18,20,22-23,26,41,43,48H,9-10,12H2,1-4H3,(H2,36,46)(H2,37,38,47)/t13-,18-,20?,22?,23-,26?,31-/m1/s1. The molecule has 3 aliphatic rings. The minimum absolute atomic E-state index is 0.0460. The highest BCUT2D eigenvalue weighted by Gasteiger charge is 2.69. The first-order chi connectivity index (χ1) is 22.8. The highest BCUT2D eigenvalue weighted by atomic mass is 19.4. The van der Waals surface area contributed by atoms with E-state index in [0.29, 0.717) is 11.3 Å². The van der Waals surface area contributed by atoms with Crippen molar-refractivity contribution >= 4 is 40.7 Å². The number of rotatable bonds is 7. The molecule has 0 aromatic heterocycles. The second-order valence-corrected chi connectivity index (χ2v) is 13.0. The summed E-state index contributed by atoms with van der Waals surface area (Å²) in [7, 11) is 6.49. The number of likely N-dealkylation sites (N-methyl/N-ethyl adjacent to an activating group) is 1. The van der Waals surface area contributed by atoms with E-state index in [2.05, 4.69) is 15.4 Å². The van der Waals surface area contributed by atoms with Crippen LogP contribution in [0.1, 0.15) is 27.9 Å². The number of Topliss-reactive ketones (excluding diaryl/α,β-unsaturated/α-hetero) is 3. The molecule has 3 amide bonds. The van der Waals surface area contributed by atoms with Crippen LogP contribution in [0.4, 0.5) is 29.3 Å². The fraction of sp³-hybridized carbons (Fsp3) is 0.469. The zero-order valence-corrected chi connectivity index (χ0v) is 26.9. The average molecular weight is 692 g/mol. The van der Waals surface area contributed by atoms with E-state index in [4.69, 9.17) is 5.73 Å². The van der Waals surface area contributed by atoms with E-state index in [1.54, 1.807) is 39.2 Å². The molecule has 49 heavy (non-hydrogen) atoms. The number of phenols is 1. The van der Waals surface area contributed by atoms with Crippen LogP contribution in [0.25, 0.3) is 0 Å². The van der Waals surface area contributed by atoms with E-state index in [1.807, 2.05) is 0 Å². The van der Waals surface area contributed by atoms with E-state index in [-0.39, 0.29) is 36.2 Å². The Kier molecular flexibility index (Phi) is 9.16. The zero-order valence-electron chi connectivity index (χ0n) is 26.9. The molecule has 7 N–H and O–H groups in total. The Labute approximate surface area is 278 Å². The van der Waals surface area contributed by atoms with Gasteiger partial charge in [0.05, 0.1) is 17.6 Å². The van der Waals surface area contributed by atoms with Crippen LogP contribution >= 0.6 is 0 Å². The summed E-state index contributed by atoms with van der Waals surface area (Å²) in [6, 6.07) is 4.09. The molecular weight excluding hydrogens is 655 g/mol. The van der Waals surface area contributed by atoms with Crippen molar-refractivity contribution in [1.82, 2.24) is 10.2 Å². The van der Waals surface area contributed by atoms with Gasteiger partial charge < -0.3 is 46.2 Å². The predicted octanol–water partition coefficient (Wildman–Crippen LogP) is 0.945. The zero-order chi connectivity index (χ0) is 36.3. The molecule has 7 atom stereocenters. The molecule has 3 aliphatic carbocycles. The Morgan fingerprint density at radius 2 is 1.71 bits per heavy atom. The smallest absolute Gasteiger partial charge is 0.507 e. The number of nitrogens with zero attached hydrogens (tertiary/aromatic N) is 2. The lowest BCUT2D eigenvalue weighted by Crippen LogP contribution is -2.75. The Hall–Kier alpha value is -4.74. The van der Waals surface area contributed by atoms with Gasteiger partial charge in [0.25, 0.3) is 0 Å². The summed E-state index contributed by atoms with van der Waals surface area (Å²) in [6.07, 6.45) is -6.46. The summed E-state index contributed by atoms with van der Waals surface area (Å²) in [6.45, 7) is -0.330. The van der Waals surface area contributed by atoms with Crippen LogP contribution in [0.3, 0.4) is 0 Å². The Morgan fingerprint density at radius 3 is 2.27 bits per heavy atom. The van der Waals surface area contributed by atoms with Gasteiger partial charge in [-0.3, -0.25) is 19.2 Å². The average Bonchev–Trinajstić information content (AvgIpc) is 2.98. The molecule has 0 bridgehead atoms. The van der Waals surface area contributed by atoms with Crippen LogP contribution < -0.4 is 26.0 Å². The fourth-order valence-electron chi connectivity index (χ4n) is 7.55. The number of nitrogens with two attached hydrogens (primary N) is 1. The number of ketones is 3. The third-order valence-corrected chi connectivity index (χ3v) is 9.61. The molecule has 2 fully saturated rings. The van der Waals surface area contributed by atoms with Crippen molar-refractivity contribution in [2.75, 3.05) is 38.4 Å². The number of primary amides is 1. The molecule has 2 aromatic carbocycles. The maximum absolute atomic E-state index is 14.2. The summed E-state index contributed by atoms with van der Waals surface area (Å²) >= 11 is 0. The number of alkyl halides is 3. The maximum Gasteiger partial charge on any atom is 0.573 e. The van der Waals surface area contributed by atoms with Gasteiger partial charge in [0.2, 0.25) is 5.91 Å². The number of hydrogen-bond donors (Lipinski definition) is 6. The van der Waals surface area contributed by atoms with Crippen molar-refractivity contribution in [1.29, 1.82) is 0 Å².